The summed E-state index contributed by atoms with van der Waals surface area (Å²) < 4.78 is 5.30. The zero-order valence-corrected chi connectivity index (χ0v) is 18.0. The predicted molar refractivity (Wildman–Crippen MR) is 112 cm³/mol. The molecule has 27 heavy (non-hydrogen) atoms. The van der Waals surface area contributed by atoms with Crippen molar-refractivity contribution in [2.75, 3.05) is 11.9 Å². The van der Waals surface area contributed by atoms with Gasteiger partial charge in [-0.05, 0) is 54.5 Å². The lowest BCUT2D eigenvalue weighted by Gasteiger charge is -2.36. The number of fused-ring (bicyclic) bond motifs is 1. The third-order valence-corrected chi connectivity index (χ3v) is 7.77. The minimum absolute atomic E-state index is 0.167. The first kappa shape index (κ1) is 20.1. The van der Waals surface area contributed by atoms with Gasteiger partial charge in [-0.1, -0.05) is 33.3 Å². The minimum Gasteiger partial charge on any atom is -0.462 e. The van der Waals surface area contributed by atoms with Crippen LogP contribution in [0.4, 0.5) is 5.00 Å². The van der Waals surface area contributed by atoms with E-state index in [1.54, 1.807) is 24.3 Å². The third-order valence-electron chi connectivity index (χ3n) is 5.73. The Hall–Kier alpha value is -1.66. The van der Waals surface area contributed by atoms with Crippen LogP contribution in [-0.2, 0) is 17.6 Å². The highest BCUT2D eigenvalue weighted by atomic mass is 32.1. The molecule has 2 aromatic rings. The van der Waals surface area contributed by atoms with Gasteiger partial charge < -0.3 is 10.1 Å². The van der Waals surface area contributed by atoms with Crippen LogP contribution < -0.4 is 5.32 Å². The smallest absolute Gasteiger partial charge is 0.341 e. The van der Waals surface area contributed by atoms with Crippen molar-refractivity contribution in [2.45, 2.75) is 53.4 Å². The van der Waals surface area contributed by atoms with E-state index in [9.17, 15) is 9.59 Å². The Labute approximate surface area is 168 Å². The van der Waals surface area contributed by atoms with Crippen LogP contribution in [0.2, 0.25) is 0 Å². The number of carbonyl (C=O) groups is 2. The number of amides is 1. The molecule has 6 heteroatoms. The number of carbonyl (C=O) groups excluding carboxylic acids is 2. The van der Waals surface area contributed by atoms with Crippen molar-refractivity contribution >= 4 is 39.6 Å². The molecule has 0 spiro atoms. The molecule has 0 aliphatic heterocycles. The highest BCUT2D eigenvalue weighted by molar-refractivity contribution is 7.17. The standard InChI is InChI=1S/C21H27NO3S2/c1-5-21(3,4)13-9-10-14-16(12-13)27-19(17(14)20(24)25-6-2)22-18(23)15-8-7-11-26-15/h7-8,11,13H,5-6,9-10,12H2,1-4H3,(H,22,23)/t13-/m1/s1. The summed E-state index contributed by atoms with van der Waals surface area (Å²) in [5.74, 6) is 0.0915. The molecule has 0 saturated heterocycles. The number of hydrogen-bond donors (Lipinski definition) is 1. The Morgan fingerprint density at radius 2 is 2.11 bits per heavy atom. The first-order valence-corrected chi connectivity index (χ1v) is 11.2. The molecule has 1 aliphatic rings. The molecule has 0 radical (unpaired) electrons. The molecule has 0 unspecified atom stereocenters. The summed E-state index contributed by atoms with van der Waals surface area (Å²) in [7, 11) is 0. The SMILES string of the molecule is CCOC(=O)c1c(NC(=O)c2cccs2)sc2c1CC[C@@H](C(C)(C)CC)C2. The summed E-state index contributed by atoms with van der Waals surface area (Å²) in [4.78, 5) is 27.0. The fourth-order valence-electron chi connectivity index (χ4n) is 3.62. The normalized spacial score (nSPS) is 16.7. The van der Waals surface area contributed by atoms with E-state index in [-0.39, 0.29) is 17.3 Å². The van der Waals surface area contributed by atoms with Crippen LogP contribution in [-0.4, -0.2) is 18.5 Å². The molecule has 1 amide bonds. The third kappa shape index (κ3) is 4.11. The lowest BCUT2D eigenvalue weighted by molar-refractivity contribution is 0.0526. The van der Waals surface area contributed by atoms with Gasteiger partial charge in [-0.3, -0.25) is 4.79 Å². The molecule has 0 bridgehead atoms. The van der Waals surface area contributed by atoms with E-state index >= 15 is 0 Å². The fourth-order valence-corrected chi connectivity index (χ4v) is 5.55. The number of ether oxygens (including phenoxy) is 1. The maximum absolute atomic E-state index is 12.6. The molecule has 1 N–H and O–H groups in total. The minimum atomic E-state index is -0.329. The van der Waals surface area contributed by atoms with Gasteiger partial charge in [0, 0.05) is 4.88 Å². The van der Waals surface area contributed by atoms with E-state index in [0.717, 1.165) is 31.2 Å². The summed E-state index contributed by atoms with van der Waals surface area (Å²) in [6, 6.07) is 3.64. The molecule has 2 aromatic heterocycles. The van der Waals surface area contributed by atoms with Crippen molar-refractivity contribution < 1.29 is 14.3 Å². The number of nitrogens with one attached hydrogen (secondary N) is 1. The number of thiophene rings is 2. The zero-order valence-electron chi connectivity index (χ0n) is 16.4. The van der Waals surface area contributed by atoms with Crippen molar-refractivity contribution in [3.05, 3.63) is 38.4 Å². The van der Waals surface area contributed by atoms with Crippen molar-refractivity contribution in [3.8, 4) is 0 Å². The molecule has 0 fully saturated rings. The van der Waals surface area contributed by atoms with Crippen LogP contribution in [0.25, 0.3) is 0 Å². The number of rotatable bonds is 6. The van der Waals surface area contributed by atoms with Gasteiger partial charge in [-0.2, -0.15) is 0 Å². The predicted octanol–water partition coefficient (Wildman–Crippen LogP) is 5.78. The van der Waals surface area contributed by atoms with E-state index in [4.69, 9.17) is 4.74 Å². The second-order valence-corrected chi connectivity index (χ2v) is 9.69. The topological polar surface area (TPSA) is 55.4 Å². The summed E-state index contributed by atoms with van der Waals surface area (Å²) in [6.45, 7) is 9.01. The summed E-state index contributed by atoms with van der Waals surface area (Å²) in [5, 5.41) is 5.47. The largest absolute Gasteiger partial charge is 0.462 e. The van der Waals surface area contributed by atoms with Crippen molar-refractivity contribution in [2.24, 2.45) is 11.3 Å². The first-order valence-electron chi connectivity index (χ1n) is 9.53. The van der Waals surface area contributed by atoms with E-state index in [2.05, 4.69) is 26.1 Å². The summed E-state index contributed by atoms with van der Waals surface area (Å²) >= 11 is 2.94. The summed E-state index contributed by atoms with van der Waals surface area (Å²) in [6.07, 6.45) is 4.02. The maximum atomic E-state index is 12.6. The van der Waals surface area contributed by atoms with Gasteiger partial charge in [0.15, 0.2) is 0 Å². The van der Waals surface area contributed by atoms with Gasteiger partial charge in [0.1, 0.15) is 5.00 Å². The van der Waals surface area contributed by atoms with Crippen molar-refractivity contribution in [1.29, 1.82) is 0 Å². The van der Waals surface area contributed by atoms with Crippen molar-refractivity contribution in [1.82, 2.24) is 0 Å². The Balaban J connectivity index is 1.94. The van der Waals surface area contributed by atoms with Crippen LogP contribution in [0.3, 0.4) is 0 Å². The van der Waals surface area contributed by atoms with Crippen LogP contribution in [0, 0.1) is 11.3 Å². The Bertz CT molecular complexity index is 821. The average molecular weight is 406 g/mol. The highest BCUT2D eigenvalue weighted by Crippen LogP contribution is 2.45. The monoisotopic (exact) mass is 405 g/mol. The average Bonchev–Trinajstić information content (AvgIpc) is 3.28. The van der Waals surface area contributed by atoms with E-state index < -0.39 is 0 Å². The molecule has 0 saturated carbocycles. The Kier molecular flexibility index (Phi) is 6.06. The van der Waals surface area contributed by atoms with Crippen LogP contribution in [0.1, 0.15) is 71.0 Å². The van der Waals surface area contributed by atoms with Gasteiger partial charge in [0.25, 0.3) is 5.91 Å². The Morgan fingerprint density at radius 3 is 2.74 bits per heavy atom. The maximum Gasteiger partial charge on any atom is 0.341 e. The number of anilines is 1. The molecule has 1 aliphatic carbocycles. The molecule has 0 aromatic carbocycles. The van der Waals surface area contributed by atoms with E-state index in [0.29, 0.717) is 28.0 Å². The van der Waals surface area contributed by atoms with Crippen LogP contribution >= 0.6 is 22.7 Å². The van der Waals surface area contributed by atoms with E-state index in [1.165, 1.54) is 16.2 Å². The van der Waals surface area contributed by atoms with E-state index in [1.807, 2.05) is 11.4 Å². The molecule has 146 valence electrons. The molecule has 2 heterocycles. The molecular weight excluding hydrogens is 378 g/mol. The Morgan fingerprint density at radius 1 is 1.33 bits per heavy atom. The second-order valence-electron chi connectivity index (χ2n) is 7.64. The molecule has 3 rings (SSSR count). The van der Waals surface area contributed by atoms with Gasteiger partial charge in [-0.15, -0.1) is 22.7 Å². The quantitative estimate of drug-likeness (QED) is 0.620. The van der Waals surface area contributed by atoms with Gasteiger partial charge in [-0.25, -0.2) is 4.79 Å². The number of esters is 1. The number of hydrogen-bond acceptors (Lipinski definition) is 5. The lowest BCUT2D eigenvalue weighted by atomic mass is 9.69. The molecule has 1 atom stereocenters. The summed E-state index contributed by atoms with van der Waals surface area (Å²) in [5.41, 5.74) is 1.91. The van der Waals surface area contributed by atoms with Crippen molar-refractivity contribution in [3.63, 3.8) is 0 Å². The van der Waals surface area contributed by atoms with Crippen LogP contribution in [0.5, 0.6) is 0 Å². The highest BCUT2D eigenvalue weighted by Gasteiger charge is 2.35. The van der Waals surface area contributed by atoms with Gasteiger partial charge >= 0.3 is 5.97 Å². The van der Waals surface area contributed by atoms with Gasteiger partial charge in [0.2, 0.25) is 0 Å². The lowest BCUT2D eigenvalue weighted by Crippen LogP contribution is -2.28. The molecule has 4 nitrogen and oxygen atoms in total. The first-order chi connectivity index (χ1) is 12.9. The molecular formula is C21H27NO3S2. The van der Waals surface area contributed by atoms with Gasteiger partial charge in [0.05, 0.1) is 17.0 Å². The fraction of sp³-hybridized carbons (Fsp3) is 0.524. The van der Waals surface area contributed by atoms with Crippen LogP contribution in [0.15, 0.2) is 17.5 Å². The second kappa shape index (κ2) is 8.15. The zero-order chi connectivity index (χ0) is 19.6.